The molecule has 11 heteroatoms. The second-order valence-electron chi connectivity index (χ2n) is 6.22. The third-order valence-electron chi connectivity index (χ3n) is 4.22. The van der Waals surface area contributed by atoms with Crippen LogP contribution in [0.5, 0.6) is 0 Å². The number of anilines is 2. The molecule has 0 spiro atoms. The molecule has 0 bridgehead atoms. The lowest BCUT2D eigenvalue weighted by molar-refractivity contribution is -0.384. The first-order valence-electron chi connectivity index (χ1n) is 8.96. The number of hydrogen-bond acceptors (Lipinski definition) is 7. The van der Waals surface area contributed by atoms with E-state index < -0.39 is 10.8 Å². The van der Waals surface area contributed by atoms with Crippen LogP contribution in [0, 0.1) is 10.1 Å². The lowest BCUT2D eigenvalue weighted by atomic mass is 10.1. The molecule has 30 heavy (non-hydrogen) atoms. The number of aromatic nitrogens is 1. The number of pyridine rings is 1. The fourth-order valence-corrected chi connectivity index (χ4v) is 3.20. The first-order chi connectivity index (χ1) is 14.4. The number of thiocarbonyl (C=S) groups is 1. The molecule has 0 saturated carbocycles. The summed E-state index contributed by atoms with van der Waals surface area (Å²) in [6.45, 7) is 2.22. The van der Waals surface area contributed by atoms with Gasteiger partial charge in [-0.2, -0.15) is 0 Å². The molecule has 156 valence electrons. The Morgan fingerprint density at radius 2 is 2.10 bits per heavy atom. The third-order valence-corrected chi connectivity index (χ3v) is 4.72. The Morgan fingerprint density at radius 1 is 1.33 bits per heavy atom. The minimum atomic E-state index is -0.493. The zero-order valence-corrected chi connectivity index (χ0v) is 17.3. The molecule has 1 saturated heterocycles. The Hall–Kier alpha value is -3.08. The van der Waals surface area contributed by atoms with Crippen molar-refractivity contribution in [1.29, 1.82) is 0 Å². The molecular formula is C19H18ClN5O4S. The molecule has 0 atom stereocenters. The number of hydrogen-bond donors (Lipinski definition) is 2. The zero-order valence-electron chi connectivity index (χ0n) is 15.7. The number of rotatable bonds is 5. The predicted octanol–water partition coefficient (Wildman–Crippen LogP) is 3.01. The number of nitrogens with zero attached hydrogens (tertiary/aromatic N) is 3. The van der Waals surface area contributed by atoms with Gasteiger partial charge in [0.25, 0.3) is 5.69 Å². The zero-order chi connectivity index (χ0) is 21.5. The fourth-order valence-electron chi connectivity index (χ4n) is 2.82. The molecule has 1 fully saturated rings. The van der Waals surface area contributed by atoms with Gasteiger partial charge in [-0.25, -0.2) is 4.98 Å². The number of nitro groups is 1. The number of carbonyl (C=O) groups is 1. The van der Waals surface area contributed by atoms with Gasteiger partial charge in [0.15, 0.2) is 10.3 Å². The summed E-state index contributed by atoms with van der Waals surface area (Å²) < 4.78 is 5.29. The maximum atomic E-state index is 12.1. The van der Waals surface area contributed by atoms with E-state index in [0.29, 0.717) is 43.2 Å². The summed E-state index contributed by atoms with van der Waals surface area (Å²) in [5.74, 6) is -0.493. The average molecular weight is 448 g/mol. The Labute approximate surface area is 182 Å². The van der Waals surface area contributed by atoms with Crippen LogP contribution in [0.4, 0.5) is 17.1 Å². The van der Waals surface area contributed by atoms with Gasteiger partial charge in [-0.15, -0.1) is 0 Å². The van der Waals surface area contributed by atoms with Gasteiger partial charge >= 0.3 is 0 Å². The van der Waals surface area contributed by atoms with Crippen LogP contribution in [0.1, 0.15) is 5.56 Å². The number of halogens is 1. The smallest absolute Gasteiger partial charge is 0.293 e. The number of benzene rings is 1. The van der Waals surface area contributed by atoms with Gasteiger partial charge in [-0.3, -0.25) is 20.2 Å². The highest BCUT2D eigenvalue weighted by Crippen LogP contribution is 2.30. The molecule has 9 nitrogen and oxygen atoms in total. The van der Waals surface area contributed by atoms with E-state index in [0.717, 1.165) is 0 Å². The molecule has 1 aromatic carbocycles. The average Bonchev–Trinajstić information content (AvgIpc) is 2.74. The van der Waals surface area contributed by atoms with E-state index in [-0.39, 0.29) is 16.0 Å². The van der Waals surface area contributed by atoms with Crippen LogP contribution < -0.4 is 15.5 Å². The van der Waals surface area contributed by atoms with Crippen molar-refractivity contribution in [3.63, 3.8) is 0 Å². The molecule has 2 heterocycles. The van der Waals surface area contributed by atoms with Crippen molar-refractivity contribution in [3.8, 4) is 0 Å². The van der Waals surface area contributed by atoms with Gasteiger partial charge in [0.05, 0.1) is 23.8 Å². The fraction of sp³-hybridized carbons (Fsp3) is 0.211. The van der Waals surface area contributed by atoms with E-state index >= 15 is 0 Å². The summed E-state index contributed by atoms with van der Waals surface area (Å²) in [5.41, 5.74) is 1.48. The highest BCUT2D eigenvalue weighted by Gasteiger charge is 2.21. The summed E-state index contributed by atoms with van der Waals surface area (Å²) in [5, 5.41) is 17.0. The quantitative estimate of drug-likeness (QED) is 0.237. The highest BCUT2D eigenvalue weighted by molar-refractivity contribution is 7.80. The lowest BCUT2D eigenvalue weighted by Crippen LogP contribution is -2.36. The highest BCUT2D eigenvalue weighted by atomic mass is 35.5. The number of nitrogens with one attached hydrogen (secondary N) is 2. The van der Waals surface area contributed by atoms with E-state index in [1.54, 1.807) is 24.3 Å². The maximum absolute atomic E-state index is 12.1. The summed E-state index contributed by atoms with van der Waals surface area (Å²) in [7, 11) is 0. The van der Waals surface area contributed by atoms with Crippen molar-refractivity contribution in [2.45, 2.75) is 0 Å². The monoisotopic (exact) mass is 447 g/mol. The molecule has 1 aromatic heterocycles. The summed E-state index contributed by atoms with van der Waals surface area (Å²) in [6.07, 6.45) is 4.25. The SMILES string of the molecule is O=C(/C=C/c1ccc(N2CCOCC2)c([N+](=O)[O-])c1)NC(=S)Nc1cccnc1Cl. The molecule has 1 aliphatic rings. The van der Waals surface area contributed by atoms with Gasteiger partial charge in [0.1, 0.15) is 5.69 Å². The van der Waals surface area contributed by atoms with Crippen molar-refractivity contribution in [2.24, 2.45) is 0 Å². The summed E-state index contributed by atoms with van der Waals surface area (Å²) in [4.78, 5) is 29.0. The normalized spacial score (nSPS) is 13.8. The van der Waals surface area contributed by atoms with Gasteiger partial charge in [-0.05, 0) is 42.1 Å². The Kier molecular flexibility index (Phi) is 7.28. The lowest BCUT2D eigenvalue weighted by Gasteiger charge is -2.28. The van der Waals surface area contributed by atoms with Crippen molar-refractivity contribution in [1.82, 2.24) is 10.3 Å². The Morgan fingerprint density at radius 3 is 2.80 bits per heavy atom. The van der Waals surface area contributed by atoms with E-state index in [1.165, 1.54) is 24.4 Å². The Balaban J connectivity index is 1.65. The van der Waals surface area contributed by atoms with Gasteiger partial charge < -0.3 is 15.0 Å². The molecule has 0 aliphatic carbocycles. The van der Waals surface area contributed by atoms with Crippen molar-refractivity contribution < 1.29 is 14.5 Å². The van der Waals surface area contributed by atoms with Crippen molar-refractivity contribution in [3.05, 3.63) is 63.4 Å². The van der Waals surface area contributed by atoms with E-state index in [4.69, 9.17) is 28.6 Å². The molecule has 2 N–H and O–H groups in total. The second kappa shape index (κ2) is 10.1. The molecule has 1 aliphatic heterocycles. The molecule has 1 amide bonds. The number of ether oxygens (including phenoxy) is 1. The number of morpholine rings is 1. The van der Waals surface area contributed by atoms with Gasteiger partial charge in [-0.1, -0.05) is 17.7 Å². The first-order valence-corrected chi connectivity index (χ1v) is 9.74. The van der Waals surface area contributed by atoms with Crippen LogP contribution in [0.25, 0.3) is 6.08 Å². The largest absolute Gasteiger partial charge is 0.378 e. The van der Waals surface area contributed by atoms with Crippen molar-refractivity contribution in [2.75, 3.05) is 36.5 Å². The maximum Gasteiger partial charge on any atom is 0.293 e. The second-order valence-corrected chi connectivity index (χ2v) is 6.99. The number of carbonyl (C=O) groups excluding carboxylic acids is 1. The molecule has 0 unspecified atom stereocenters. The molecule has 0 radical (unpaired) electrons. The van der Waals surface area contributed by atoms with Gasteiger partial charge in [0.2, 0.25) is 5.91 Å². The minimum Gasteiger partial charge on any atom is -0.378 e. The topological polar surface area (TPSA) is 110 Å². The van der Waals surface area contributed by atoms with E-state index in [1.807, 2.05) is 4.90 Å². The van der Waals surface area contributed by atoms with Gasteiger partial charge in [0, 0.05) is 31.4 Å². The standard InChI is InChI=1S/C19H18ClN5O4S/c20-18-14(2-1-7-21-18)22-19(30)23-17(26)6-4-13-3-5-15(16(12-13)25(27)28)24-8-10-29-11-9-24/h1-7,12H,8-11H2,(H2,22,23,26,30)/b6-4+. The number of amides is 1. The third kappa shape index (κ3) is 5.72. The molecule has 2 aromatic rings. The summed E-state index contributed by atoms with van der Waals surface area (Å²) >= 11 is 11.0. The van der Waals surface area contributed by atoms with Crippen LogP contribution >= 0.6 is 23.8 Å². The predicted molar refractivity (Wildman–Crippen MR) is 119 cm³/mol. The van der Waals surface area contributed by atoms with Crippen LogP contribution in [-0.4, -0.2) is 47.2 Å². The first kappa shape index (κ1) is 21.6. The van der Waals surface area contributed by atoms with Crippen LogP contribution in [-0.2, 0) is 9.53 Å². The summed E-state index contributed by atoms with van der Waals surface area (Å²) in [6, 6.07) is 8.16. The van der Waals surface area contributed by atoms with Crippen LogP contribution in [0.3, 0.4) is 0 Å². The minimum absolute atomic E-state index is 0.0251. The molecule has 3 rings (SSSR count). The Bertz CT molecular complexity index is 995. The number of nitro benzene ring substituents is 1. The molecular weight excluding hydrogens is 430 g/mol. The van der Waals surface area contributed by atoms with Crippen LogP contribution in [0.15, 0.2) is 42.6 Å². The van der Waals surface area contributed by atoms with Crippen molar-refractivity contribution >= 4 is 58.0 Å². The van der Waals surface area contributed by atoms with E-state index in [9.17, 15) is 14.9 Å². The van der Waals surface area contributed by atoms with Crippen LogP contribution in [0.2, 0.25) is 5.15 Å². The van der Waals surface area contributed by atoms with E-state index in [2.05, 4.69) is 15.6 Å².